The van der Waals surface area contributed by atoms with Gasteiger partial charge in [0.15, 0.2) is 7.14 Å². The van der Waals surface area contributed by atoms with E-state index in [0.717, 1.165) is 40.7 Å². The maximum Gasteiger partial charge on any atom is 0.231 e. The van der Waals surface area contributed by atoms with Crippen molar-refractivity contribution in [3.05, 3.63) is 54.5 Å². The number of nitrogens with zero attached hydrogens (tertiary/aromatic N) is 3. The number of rotatable bonds is 7. The van der Waals surface area contributed by atoms with E-state index in [4.69, 9.17) is 9.72 Å². The summed E-state index contributed by atoms with van der Waals surface area (Å²) in [5.41, 5.74) is 1.50. The number of anilines is 3. The van der Waals surface area contributed by atoms with Crippen molar-refractivity contribution in [2.24, 2.45) is 0 Å². The molecule has 3 aliphatic rings. The Hall–Kier alpha value is -3.25. The van der Waals surface area contributed by atoms with Gasteiger partial charge in [-0.1, -0.05) is 12.8 Å². The number of H-pyrrole nitrogens is 1. The van der Waals surface area contributed by atoms with Gasteiger partial charge >= 0.3 is 0 Å². The lowest BCUT2D eigenvalue weighted by atomic mass is 10.2. The number of hydrogen-bond donors (Lipinski definition) is 3. The first-order valence-electron chi connectivity index (χ1n) is 11.9. The van der Waals surface area contributed by atoms with Gasteiger partial charge in [-0.25, -0.2) is 0 Å². The van der Waals surface area contributed by atoms with Crippen LogP contribution in [0.3, 0.4) is 0 Å². The summed E-state index contributed by atoms with van der Waals surface area (Å²) in [5, 5.41) is 8.62. The van der Waals surface area contributed by atoms with Crippen molar-refractivity contribution in [2.75, 3.05) is 17.7 Å². The Morgan fingerprint density at radius 1 is 1.09 bits per heavy atom. The van der Waals surface area contributed by atoms with Crippen molar-refractivity contribution in [3.8, 4) is 5.75 Å². The van der Waals surface area contributed by atoms with Crippen LogP contribution in [0.25, 0.3) is 11.0 Å². The molecule has 2 fully saturated rings. The molecule has 3 aromatic rings. The van der Waals surface area contributed by atoms with E-state index in [-0.39, 0.29) is 0 Å². The van der Waals surface area contributed by atoms with E-state index in [1.54, 1.807) is 7.11 Å². The van der Waals surface area contributed by atoms with E-state index in [0.29, 0.717) is 23.8 Å². The third-order valence-electron chi connectivity index (χ3n) is 6.84. The maximum absolute atomic E-state index is 13.6. The molecule has 2 aliphatic carbocycles. The average molecular weight is 477 g/mol. The largest absolute Gasteiger partial charge is 0.495 e. The van der Waals surface area contributed by atoms with Crippen molar-refractivity contribution in [1.29, 1.82) is 0 Å². The minimum absolute atomic E-state index is 0.444. The van der Waals surface area contributed by atoms with Gasteiger partial charge in [-0.2, -0.15) is 9.97 Å². The van der Waals surface area contributed by atoms with E-state index in [1.807, 2.05) is 54.5 Å². The quantitative estimate of drug-likeness (QED) is 0.389. The number of aromatic amines is 1. The molecule has 34 heavy (non-hydrogen) atoms. The minimum atomic E-state index is -2.76. The number of aromatic nitrogens is 3. The van der Waals surface area contributed by atoms with Crippen LogP contribution in [0, 0.1) is 0 Å². The van der Waals surface area contributed by atoms with Crippen molar-refractivity contribution < 1.29 is 9.30 Å². The van der Waals surface area contributed by atoms with Crippen LogP contribution in [0.5, 0.6) is 5.75 Å². The molecule has 0 saturated heterocycles. The lowest BCUT2D eigenvalue weighted by Gasteiger charge is -2.22. The molecule has 6 rings (SSSR count). The van der Waals surface area contributed by atoms with Gasteiger partial charge in [-0.05, 0) is 61.6 Å². The first-order valence-corrected chi connectivity index (χ1v) is 13.8. The highest BCUT2D eigenvalue weighted by atomic mass is 31.2. The highest BCUT2D eigenvalue weighted by molar-refractivity contribution is 7.77. The molecule has 1 aliphatic heterocycles. The zero-order valence-electron chi connectivity index (χ0n) is 19.2. The van der Waals surface area contributed by atoms with Gasteiger partial charge in [0.05, 0.1) is 18.2 Å². The Morgan fingerprint density at radius 3 is 2.62 bits per heavy atom. The van der Waals surface area contributed by atoms with Gasteiger partial charge in [-0.3, -0.25) is 0 Å². The van der Waals surface area contributed by atoms with E-state index < -0.39 is 7.14 Å². The molecular weight excluding hydrogens is 447 g/mol. The molecule has 1 aromatic carbocycles. The van der Waals surface area contributed by atoms with Crippen molar-refractivity contribution in [3.63, 3.8) is 0 Å². The van der Waals surface area contributed by atoms with Crippen LogP contribution in [-0.4, -0.2) is 39.0 Å². The number of benzene rings is 1. The molecule has 3 N–H and O–H groups in total. The number of nitrogens with one attached hydrogen (secondary N) is 3. The Bertz CT molecular complexity index is 1300. The minimum Gasteiger partial charge on any atom is -0.495 e. The molecule has 2 saturated carbocycles. The lowest BCUT2D eigenvalue weighted by Crippen LogP contribution is -2.16. The summed E-state index contributed by atoms with van der Waals surface area (Å²) < 4.78 is 19.2. The van der Waals surface area contributed by atoms with Crippen molar-refractivity contribution >= 4 is 40.9 Å². The fourth-order valence-electron chi connectivity index (χ4n) is 4.73. The fraction of sp³-hybridized carbons (Fsp3) is 0.360. The molecular formula is C25H29N6O2P. The predicted molar refractivity (Wildman–Crippen MR) is 136 cm³/mol. The molecule has 0 bridgehead atoms. The summed E-state index contributed by atoms with van der Waals surface area (Å²) >= 11 is 0. The van der Waals surface area contributed by atoms with Crippen LogP contribution in [-0.2, 0) is 4.57 Å². The monoisotopic (exact) mass is 476 g/mol. The van der Waals surface area contributed by atoms with Gasteiger partial charge < -0.3 is 29.8 Å². The van der Waals surface area contributed by atoms with Crippen LogP contribution >= 0.6 is 7.14 Å². The average Bonchev–Trinajstić information content (AvgIpc) is 3.35. The summed E-state index contributed by atoms with van der Waals surface area (Å²) in [4.78, 5) is 14.8. The summed E-state index contributed by atoms with van der Waals surface area (Å²) in [5.74, 6) is 5.57. The van der Waals surface area contributed by atoms with E-state index in [2.05, 4.69) is 25.5 Å². The molecule has 9 heteroatoms. The third-order valence-corrected chi connectivity index (χ3v) is 9.07. The molecule has 2 aromatic heterocycles. The smallest absolute Gasteiger partial charge is 0.231 e. The first kappa shape index (κ1) is 21.3. The van der Waals surface area contributed by atoms with E-state index in [9.17, 15) is 4.57 Å². The number of fused-ring (bicyclic) bond motifs is 1. The van der Waals surface area contributed by atoms with Gasteiger partial charge in [0.1, 0.15) is 17.2 Å². The Labute approximate surface area is 198 Å². The van der Waals surface area contributed by atoms with Crippen molar-refractivity contribution in [2.45, 2.75) is 50.6 Å². The van der Waals surface area contributed by atoms with Crippen LogP contribution < -0.4 is 20.7 Å². The fourth-order valence-corrected chi connectivity index (χ4v) is 6.51. The van der Waals surface area contributed by atoms with Gasteiger partial charge in [0.2, 0.25) is 5.95 Å². The van der Waals surface area contributed by atoms with Gasteiger partial charge in [0.25, 0.3) is 0 Å². The molecule has 0 atom stereocenters. The highest BCUT2D eigenvalue weighted by Gasteiger charge is 2.30. The number of ether oxygens (including phenoxy) is 1. The van der Waals surface area contributed by atoms with Crippen molar-refractivity contribution in [1.82, 2.24) is 19.9 Å². The maximum atomic E-state index is 13.6. The molecule has 0 radical (unpaired) electrons. The van der Waals surface area contributed by atoms with Gasteiger partial charge in [-0.15, -0.1) is 0 Å². The Morgan fingerprint density at radius 2 is 1.88 bits per heavy atom. The zero-order valence-corrected chi connectivity index (χ0v) is 20.1. The first-order chi connectivity index (χ1) is 16.6. The number of hydrogen-bond acceptors (Lipinski definition) is 7. The topological polar surface area (TPSA) is 95.2 Å². The molecule has 0 spiro atoms. The summed E-state index contributed by atoms with van der Waals surface area (Å²) in [6, 6.07) is 8.62. The van der Waals surface area contributed by atoms with E-state index >= 15 is 0 Å². The molecule has 8 nitrogen and oxygen atoms in total. The normalized spacial score (nSPS) is 19.6. The predicted octanol–water partition coefficient (Wildman–Crippen LogP) is 5.47. The second-order valence-corrected chi connectivity index (χ2v) is 11.8. The second-order valence-electron chi connectivity index (χ2n) is 9.26. The summed E-state index contributed by atoms with van der Waals surface area (Å²) in [6.07, 6.45) is 13.0. The lowest BCUT2D eigenvalue weighted by molar-refractivity contribution is 0.417. The molecule has 3 heterocycles. The number of methoxy groups -OCH3 is 1. The van der Waals surface area contributed by atoms with Crippen LogP contribution in [0.4, 0.5) is 17.5 Å². The molecule has 0 unspecified atom stereocenters. The van der Waals surface area contributed by atoms with Crippen LogP contribution in [0.15, 0.2) is 54.5 Å². The molecule has 176 valence electrons. The SMILES string of the molecule is COc1cc(P2(=O)C=CN(C3CC3)C=C2)ccc1Nc1nc(NC2CCCC2)c2cc[nH]c2n1. The Kier molecular flexibility index (Phi) is 5.33. The summed E-state index contributed by atoms with van der Waals surface area (Å²) in [7, 11) is -1.15. The third kappa shape index (κ3) is 4.07. The second kappa shape index (κ2) is 8.51. The zero-order chi connectivity index (χ0) is 23.1. The molecule has 0 amide bonds. The van der Waals surface area contributed by atoms with E-state index in [1.165, 1.54) is 25.7 Å². The Balaban J connectivity index is 1.27. The van der Waals surface area contributed by atoms with Crippen LogP contribution in [0.1, 0.15) is 38.5 Å². The van der Waals surface area contributed by atoms with Crippen LogP contribution in [0.2, 0.25) is 0 Å². The standard InChI is InChI=1S/C25H29N6O2P/c1-33-22-16-19(34(32)14-12-31(13-15-34)18-6-7-18)8-9-21(22)28-25-29-23-20(10-11-26-23)24(30-25)27-17-4-2-3-5-17/h8-18H,2-7H2,1H3,(H3,26,27,28,29,30). The summed E-state index contributed by atoms with van der Waals surface area (Å²) in [6.45, 7) is 0. The van der Waals surface area contributed by atoms with Gasteiger partial charge in [0, 0.05) is 36.0 Å². The highest BCUT2D eigenvalue weighted by Crippen LogP contribution is 2.51.